The molecule has 0 fully saturated rings. The highest BCUT2D eigenvalue weighted by Crippen LogP contribution is 2.35. The van der Waals surface area contributed by atoms with E-state index in [1.165, 1.54) is 12.1 Å². The van der Waals surface area contributed by atoms with Gasteiger partial charge in [0.1, 0.15) is 0 Å². The highest BCUT2D eigenvalue weighted by molar-refractivity contribution is 6.35. The molecule has 0 atom stereocenters. The highest BCUT2D eigenvalue weighted by Gasteiger charge is 2.26. The lowest BCUT2D eigenvalue weighted by molar-refractivity contribution is -0.384. The fraction of sp³-hybridized carbons (Fsp3) is 0.0625. The van der Waals surface area contributed by atoms with Crippen LogP contribution in [-0.4, -0.2) is 10.8 Å². The maximum atomic E-state index is 12.0. The van der Waals surface area contributed by atoms with Gasteiger partial charge in [-0.2, -0.15) is 0 Å². The zero-order chi connectivity index (χ0) is 15.0. The lowest BCUT2D eigenvalue weighted by Gasteiger charge is -2.00. The Morgan fingerprint density at radius 1 is 1.14 bits per heavy atom. The second-order valence-electron chi connectivity index (χ2n) is 4.91. The standard InChI is InChI=1S/C16H12N2O3/c1-10-2-4-11(5-3-10)8-14-13-9-12(18(20)21)6-7-15(13)17-16(14)19/h2-9H,1H3,(H,17,19)/b14-8-. The van der Waals surface area contributed by atoms with Crippen LogP contribution in [0, 0.1) is 17.0 Å². The summed E-state index contributed by atoms with van der Waals surface area (Å²) in [5.74, 6) is -0.244. The zero-order valence-corrected chi connectivity index (χ0v) is 11.3. The van der Waals surface area contributed by atoms with Crippen molar-refractivity contribution in [2.24, 2.45) is 0 Å². The second kappa shape index (κ2) is 4.86. The number of nitrogens with zero attached hydrogens (tertiary/aromatic N) is 1. The van der Waals surface area contributed by atoms with Gasteiger partial charge >= 0.3 is 0 Å². The van der Waals surface area contributed by atoms with Crippen molar-refractivity contribution in [3.8, 4) is 0 Å². The molecule has 5 heteroatoms. The van der Waals surface area contributed by atoms with Crippen LogP contribution in [0.1, 0.15) is 16.7 Å². The number of aryl methyl sites for hydroxylation is 1. The Hall–Kier alpha value is -2.95. The Kier molecular flexibility index (Phi) is 3.02. The predicted molar refractivity (Wildman–Crippen MR) is 80.8 cm³/mol. The number of carbonyl (C=O) groups excluding carboxylic acids is 1. The van der Waals surface area contributed by atoms with E-state index in [2.05, 4.69) is 5.32 Å². The van der Waals surface area contributed by atoms with E-state index in [0.717, 1.165) is 11.1 Å². The van der Waals surface area contributed by atoms with E-state index in [1.54, 1.807) is 12.1 Å². The summed E-state index contributed by atoms with van der Waals surface area (Å²) in [6, 6.07) is 12.1. The van der Waals surface area contributed by atoms with E-state index >= 15 is 0 Å². The minimum atomic E-state index is -0.466. The minimum absolute atomic E-state index is 0.0277. The first-order valence-electron chi connectivity index (χ1n) is 6.43. The molecule has 1 amide bonds. The van der Waals surface area contributed by atoms with Crippen molar-refractivity contribution < 1.29 is 9.72 Å². The number of amides is 1. The third-order valence-corrected chi connectivity index (χ3v) is 3.39. The first-order valence-corrected chi connectivity index (χ1v) is 6.43. The number of nitro benzene ring substituents is 1. The van der Waals surface area contributed by atoms with Crippen LogP contribution in [0.2, 0.25) is 0 Å². The summed E-state index contributed by atoms with van der Waals surface area (Å²) in [5.41, 5.74) is 3.59. The van der Waals surface area contributed by atoms with Crippen LogP contribution in [-0.2, 0) is 4.79 Å². The summed E-state index contributed by atoms with van der Waals surface area (Å²) in [6.45, 7) is 1.98. The van der Waals surface area contributed by atoms with Gasteiger partial charge in [-0.1, -0.05) is 29.8 Å². The average molecular weight is 280 g/mol. The summed E-state index contributed by atoms with van der Waals surface area (Å²) >= 11 is 0. The molecule has 0 radical (unpaired) electrons. The summed E-state index contributed by atoms with van der Waals surface area (Å²) < 4.78 is 0. The highest BCUT2D eigenvalue weighted by atomic mass is 16.6. The molecule has 104 valence electrons. The Labute approximate surface area is 121 Å². The van der Waals surface area contributed by atoms with Crippen LogP contribution in [0.3, 0.4) is 0 Å². The molecule has 0 saturated carbocycles. The van der Waals surface area contributed by atoms with Crippen LogP contribution in [0.5, 0.6) is 0 Å². The SMILES string of the molecule is Cc1ccc(/C=C2\C(=O)Nc3ccc([N+](=O)[O-])cc32)cc1. The van der Waals surface area contributed by atoms with Crippen LogP contribution in [0.15, 0.2) is 42.5 Å². The summed E-state index contributed by atoms with van der Waals surface area (Å²) in [7, 11) is 0. The van der Waals surface area contributed by atoms with Gasteiger partial charge in [-0.15, -0.1) is 0 Å². The quantitative estimate of drug-likeness (QED) is 0.520. The molecule has 1 heterocycles. The van der Waals surface area contributed by atoms with E-state index in [1.807, 2.05) is 31.2 Å². The largest absolute Gasteiger partial charge is 0.321 e. The number of carbonyl (C=O) groups is 1. The number of nitrogens with one attached hydrogen (secondary N) is 1. The number of anilines is 1. The van der Waals surface area contributed by atoms with Gasteiger partial charge in [0.05, 0.1) is 4.92 Å². The van der Waals surface area contributed by atoms with Gasteiger partial charge in [-0.25, -0.2) is 0 Å². The third-order valence-electron chi connectivity index (χ3n) is 3.39. The Morgan fingerprint density at radius 3 is 2.52 bits per heavy atom. The molecule has 1 N–H and O–H groups in total. The second-order valence-corrected chi connectivity index (χ2v) is 4.91. The smallest absolute Gasteiger partial charge is 0.270 e. The molecule has 1 aliphatic heterocycles. The maximum absolute atomic E-state index is 12.0. The topological polar surface area (TPSA) is 72.2 Å². The lowest BCUT2D eigenvalue weighted by atomic mass is 10.0. The Balaban J connectivity index is 2.09. The number of hydrogen-bond donors (Lipinski definition) is 1. The van der Waals surface area contributed by atoms with E-state index in [-0.39, 0.29) is 11.6 Å². The first-order chi connectivity index (χ1) is 10.0. The van der Waals surface area contributed by atoms with Gasteiger partial charge in [0.25, 0.3) is 11.6 Å². The molecule has 0 spiro atoms. The van der Waals surface area contributed by atoms with Gasteiger partial charge < -0.3 is 5.32 Å². The summed E-state index contributed by atoms with van der Waals surface area (Å²) in [4.78, 5) is 22.4. The fourth-order valence-corrected chi connectivity index (χ4v) is 2.26. The van der Waals surface area contributed by atoms with Gasteiger partial charge in [-0.3, -0.25) is 14.9 Å². The van der Waals surface area contributed by atoms with Crippen LogP contribution in [0.25, 0.3) is 11.6 Å². The molecule has 0 aromatic heterocycles. The van der Waals surface area contributed by atoms with Gasteiger partial charge in [-0.05, 0) is 24.6 Å². The maximum Gasteiger partial charge on any atom is 0.270 e. The average Bonchev–Trinajstić information content (AvgIpc) is 2.77. The number of fused-ring (bicyclic) bond motifs is 1. The summed E-state index contributed by atoms with van der Waals surface area (Å²) in [5, 5.41) is 13.6. The number of nitro groups is 1. The minimum Gasteiger partial charge on any atom is -0.321 e. The molecule has 2 aromatic carbocycles. The van der Waals surface area contributed by atoms with Crippen LogP contribution in [0.4, 0.5) is 11.4 Å². The molecule has 0 aliphatic carbocycles. The molecular weight excluding hydrogens is 268 g/mol. The molecule has 3 rings (SSSR count). The van der Waals surface area contributed by atoms with Crippen molar-refractivity contribution >= 4 is 28.9 Å². The molecule has 0 unspecified atom stereocenters. The molecule has 0 saturated heterocycles. The molecular formula is C16H12N2O3. The predicted octanol–water partition coefficient (Wildman–Crippen LogP) is 3.40. The van der Waals surface area contributed by atoms with E-state index < -0.39 is 4.92 Å². The normalized spacial score (nSPS) is 14.9. The van der Waals surface area contributed by atoms with Crippen molar-refractivity contribution in [3.63, 3.8) is 0 Å². The van der Waals surface area contributed by atoms with Gasteiger partial charge in [0.15, 0.2) is 0 Å². The lowest BCUT2D eigenvalue weighted by Crippen LogP contribution is -2.03. The Morgan fingerprint density at radius 2 is 1.86 bits per heavy atom. The van der Waals surface area contributed by atoms with Crippen LogP contribution < -0.4 is 5.32 Å². The molecule has 2 aromatic rings. The number of hydrogen-bond acceptors (Lipinski definition) is 3. The van der Waals surface area contributed by atoms with Crippen molar-refractivity contribution in [2.75, 3.05) is 5.32 Å². The number of non-ortho nitro benzene ring substituents is 1. The van der Waals surface area contributed by atoms with Gasteiger partial charge in [0, 0.05) is 29.0 Å². The van der Waals surface area contributed by atoms with Crippen molar-refractivity contribution in [1.29, 1.82) is 0 Å². The first kappa shape index (κ1) is 13.1. The van der Waals surface area contributed by atoms with Crippen LogP contribution >= 0.6 is 0 Å². The fourth-order valence-electron chi connectivity index (χ4n) is 2.26. The molecule has 21 heavy (non-hydrogen) atoms. The van der Waals surface area contributed by atoms with E-state index in [4.69, 9.17) is 0 Å². The molecule has 1 aliphatic rings. The zero-order valence-electron chi connectivity index (χ0n) is 11.3. The van der Waals surface area contributed by atoms with E-state index in [0.29, 0.717) is 16.8 Å². The molecule has 0 bridgehead atoms. The number of rotatable bonds is 2. The summed E-state index contributed by atoms with van der Waals surface area (Å²) in [6.07, 6.45) is 1.74. The van der Waals surface area contributed by atoms with E-state index in [9.17, 15) is 14.9 Å². The number of benzene rings is 2. The third kappa shape index (κ3) is 2.41. The van der Waals surface area contributed by atoms with Crippen molar-refractivity contribution in [2.45, 2.75) is 6.92 Å². The van der Waals surface area contributed by atoms with Gasteiger partial charge in [0.2, 0.25) is 0 Å². The Bertz CT molecular complexity index is 777. The molecule has 5 nitrogen and oxygen atoms in total. The van der Waals surface area contributed by atoms with Crippen molar-refractivity contribution in [1.82, 2.24) is 0 Å². The van der Waals surface area contributed by atoms with Crippen molar-refractivity contribution in [3.05, 3.63) is 69.3 Å². The monoisotopic (exact) mass is 280 g/mol.